The fourth-order valence-electron chi connectivity index (χ4n) is 2.12. The zero-order valence-electron chi connectivity index (χ0n) is 12.5. The lowest BCUT2D eigenvalue weighted by molar-refractivity contribution is -0.128. The van der Waals surface area contributed by atoms with Crippen molar-refractivity contribution in [3.63, 3.8) is 0 Å². The molecule has 21 heavy (non-hydrogen) atoms. The summed E-state index contributed by atoms with van der Waals surface area (Å²) in [5, 5.41) is 3.00. The molecule has 2 rings (SSSR count). The molecule has 0 saturated carbocycles. The molecule has 2 aromatic carbocycles. The minimum Gasteiger partial charge on any atom is -0.481 e. The van der Waals surface area contributed by atoms with E-state index >= 15 is 0 Å². The number of rotatable bonds is 6. The largest absolute Gasteiger partial charge is 0.481 e. The molecule has 110 valence electrons. The Kier molecular flexibility index (Phi) is 5.38. The van der Waals surface area contributed by atoms with E-state index in [9.17, 15) is 4.79 Å². The Bertz CT molecular complexity index is 554. The summed E-state index contributed by atoms with van der Waals surface area (Å²) in [7, 11) is 0. The van der Waals surface area contributed by atoms with Crippen molar-refractivity contribution in [2.75, 3.05) is 0 Å². The molecule has 0 aliphatic heterocycles. The number of carbonyl (C=O) groups excluding carboxylic acids is 1. The van der Waals surface area contributed by atoms with Gasteiger partial charge in [0.05, 0.1) is 6.04 Å². The van der Waals surface area contributed by atoms with Gasteiger partial charge >= 0.3 is 0 Å². The first kappa shape index (κ1) is 15.1. The van der Waals surface area contributed by atoms with Crippen molar-refractivity contribution in [3.8, 4) is 5.75 Å². The summed E-state index contributed by atoms with van der Waals surface area (Å²) in [5.74, 6) is 0.629. The van der Waals surface area contributed by atoms with Crippen molar-refractivity contribution in [2.45, 2.75) is 32.4 Å². The summed E-state index contributed by atoms with van der Waals surface area (Å²) in [5.41, 5.74) is 1.08. The van der Waals surface area contributed by atoms with Crippen molar-refractivity contribution in [1.29, 1.82) is 0 Å². The molecule has 0 aliphatic rings. The first-order chi connectivity index (χ1) is 10.2. The molecule has 1 unspecified atom stereocenters. The van der Waals surface area contributed by atoms with E-state index in [0.717, 1.165) is 5.56 Å². The van der Waals surface area contributed by atoms with Gasteiger partial charge in [-0.3, -0.25) is 4.79 Å². The second-order valence-corrected chi connectivity index (χ2v) is 4.97. The van der Waals surface area contributed by atoms with Crippen LogP contribution in [-0.2, 0) is 4.79 Å². The Morgan fingerprint density at radius 2 is 1.62 bits per heavy atom. The number of carbonyl (C=O) groups is 1. The molecule has 2 atom stereocenters. The van der Waals surface area contributed by atoms with E-state index in [1.165, 1.54) is 0 Å². The minimum atomic E-state index is -0.474. The maximum Gasteiger partial charge on any atom is 0.261 e. The topological polar surface area (TPSA) is 38.3 Å². The molecule has 0 radical (unpaired) electrons. The third kappa shape index (κ3) is 4.35. The first-order valence-electron chi connectivity index (χ1n) is 7.27. The summed E-state index contributed by atoms with van der Waals surface area (Å²) in [6.45, 7) is 3.92. The van der Waals surface area contributed by atoms with Gasteiger partial charge in [0.2, 0.25) is 0 Å². The molecule has 3 nitrogen and oxygen atoms in total. The van der Waals surface area contributed by atoms with Gasteiger partial charge in [-0.2, -0.15) is 0 Å². The van der Waals surface area contributed by atoms with E-state index in [1.807, 2.05) is 74.5 Å². The van der Waals surface area contributed by atoms with Gasteiger partial charge in [0.25, 0.3) is 5.91 Å². The lowest BCUT2D eigenvalue weighted by atomic mass is 10.1. The van der Waals surface area contributed by atoms with Gasteiger partial charge in [-0.05, 0) is 31.0 Å². The zero-order chi connectivity index (χ0) is 15.1. The molecule has 0 aliphatic carbocycles. The summed E-state index contributed by atoms with van der Waals surface area (Å²) >= 11 is 0. The van der Waals surface area contributed by atoms with E-state index < -0.39 is 6.10 Å². The third-order valence-corrected chi connectivity index (χ3v) is 3.34. The average molecular weight is 283 g/mol. The smallest absolute Gasteiger partial charge is 0.261 e. The highest BCUT2D eigenvalue weighted by Gasteiger charge is 2.20. The van der Waals surface area contributed by atoms with Crippen LogP contribution in [0.2, 0.25) is 0 Å². The highest BCUT2D eigenvalue weighted by atomic mass is 16.5. The minimum absolute atomic E-state index is 0.0351. The van der Waals surface area contributed by atoms with Crippen molar-refractivity contribution >= 4 is 5.91 Å². The SMILES string of the molecule is CCC(Oc1ccccc1)C(=O)N[C@H](C)c1ccccc1. The van der Waals surface area contributed by atoms with E-state index in [2.05, 4.69) is 5.32 Å². The van der Waals surface area contributed by atoms with Crippen LogP contribution < -0.4 is 10.1 Å². The van der Waals surface area contributed by atoms with Crippen LogP contribution in [0.5, 0.6) is 5.75 Å². The number of para-hydroxylation sites is 1. The van der Waals surface area contributed by atoms with Crippen LogP contribution in [-0.4, -0.2) is 12.0 Å². The monoisotopic (exact) mass is 283 g/mol. The fourth-order valence-corrected chi connectivity index (χ4v) is 2.12. The van der Waals surface area contributed by atoms with Crippen LogP contribution >= 0.6 is 0 Å². The number of hydrogen-bond donors (Lipinski definition) is 1. The number of hydrogen-bond acceptors (Lipinski definition) is 2. The lowest BCUT2D eigenvalue weighted by Crippen LogP contribution is -2.39. The number of nitrogens with one attached hydrogen (secondary N) is 1. The van der Waals surface area contributed by atoms with Gasteiger partial charge in [-0.25, -0.2) is 0 Å². The van der Waals surface area contributed by atoms with E-state index in [-0.39, 0.29) is 11.9 Å². The predicted octanol–water partition coefficient (Wildman–Crippen LogP) is 3.72. The van der Waals surface area contributed by atoms with Crippen LogP contribution in [0.25, 0.3) is 0 Å². The maximum atomic E-state index is 12.3. The molecule has 2 aromatic rings. The molecular weight excluding hydrogens is 262 g/mol. The van der Waals surface area contributed by atoms with Crippen LogP contribution in [0.3, 0.4) is 0 Å². The third-order valence-electron chi connectivity index (χ3n) is 3.34. The van der Waals surface area contributed by atoms with Crippen LogP contribution in [0, 0.1) is 0 Å². The van der Waals surface area contributed by atoms with Crippen molar-refractivity contribution in [3.05, 3.63) is 66.2 Å². The second-order valence-electron chi connectivity index (χ2n) is 4.97. The molecule has 1 N–H and O–H groups in total. The predicted molar refractivity (Wildman–Crippen MR) is 84.1 cm³/mol. The standard InChI is InChI=1S/C18H21NO2/c1-3-17(21-16-12-8-5-9-13-16)18(20)19-14(2)15-10-6-4-7-11-15/h4-14,17H,3H2,1-2H3,(H,19,20)/t14-,17?/m1/s1. The Morgan fingerprint density at radius 1 is 1.05 bits per heavy atom. The zero-order valence-corrected chi connectivity index (χ0v) is 12.5. The van der Waals surface area contributed by atoms with Crippen LogP contribution in [0.15, 0.2) is 60.7 Å². The van der Waals surface area contributed by atoms with E-state index in [4.69, 9.17) is 4.74 Å². The Balaban J connectivity index is 1.97. The molecule has 0 spiro atoms. The van der Waals surface area contributed by atoms with Crippen molar-refractivity contribution < 1.29 is 9.53 Å². The Hall–Kier alpha value is -2.29. The van der Waals surface area contributed by atoms with Crippen LogP contribution in [0.4, 0.5) is 0 Å². The van der Waals surface area contributed by atoms with Gasteiger partial charge in [0.15, 0.2) is 6.10 Å². The quantitative estimate of drug-likeness (QED) is 0.877. The second kappa shape index (κ2) is 7.48. The van der Waals surface area contributed by atoms with Gasteiger partial charge in [0.1, 0.15) is 5.75 Å². The molecular formula is C18H21NO2. The molecule has 0 saturated heterocycles. The molecule has 1 amide bonds. The van der Waals surface area contributed by atoms with Crippen LogP contribution in [0.1, 0.15) is 31.9 Å². The molecule has 0 fully saturated rings. The molecule has 3 heteroatoms. The highest BCUT2D eigenvalue weighted by molar-refractivity contribution is 5.81. The van der Waals surface area contributed by atoms with E-state index in [1.54, 1.807) is 0 Å². The van der Waals surface area contributed by atoms with Crippen molar-refractivity contribution in [2.24, 2.45) is 0 Å². The van der Waals surface area contributed by atoms with Gasteiger partial charge in [0, 0.05) is 0 Å². The van der Waals surface area contributed by atoms with Gasteiger partial charge < -0.3 is 10.1 Å². The Labute approximate surface area is 126 Å². The van der Waals surface area contributed by atoms with Gasteiger partial charge in [-0.15, -0.1) is 0 Å². The first-order valence-corrected chi connectivity index (χ1v) is 7.27. The highest BCUT2D eigenvalue weighted by Crippen LogP contribution is 2.15. The lowest BCUT2D eigenvalue weighted by Gasteiger charge is -2.20. The normalized spacial score (nSPS) is 13.2. The summed E-state index contributed by atoms with van der Waals surface area (Å²) in [4.78, 5) is 12.3. The summed E-state index contributed by atoms with van der Waals surface area (Å²) < 4.78 is 5.75. The fraction of sp³-hybridized carbons (Fsp3) is 0.278. The molecule has 0 aromatic heterocycles. The summed E-state index contributed by atoms with van der Waals surface area (Å²) in [6, 6.07) is 19.3. The molecule has 0 bridgehead atoms. The number of amides is 1. The van der Waals surface area contributed by atoms with Gasteiger partial charge in [-0.1, -0.05) is 55.5 Å². The number of ether oxygens (including phenoxy) is 1. The van der Waals surface area contributed by atoms with Crippen molar-refractivity contribution in [1.82, 2.24) is 5.32 Å². The summed E-state index contributed by atoms with van der Waals surface area (Å²) in [6.07, 6.45) is 0.154. The average Bonchev–Trinajstić information content (AvgIpc) is 2.54. The van der Waals surface area contributed by atoms with E-state index in [0.29, 0.717) is 12.2 Å². The maximum absolute atomic E-state index is 12.3. The molecule has 0 heterocycles. The Morgan fingerprint density at radius 3 is 2.19 bits per heavy atom. The number of benzene rings is 2.